The van der Waals surface area contributed by atoms with Crippen molar-refractivity contribution in [2.45, 2.75) is 79.3 Å². The second-order valence-corrected chi connectivity index (χ2v) is 11.8. The molecule has 1 fully saturated rings. The van der Waals surface area contributed by atoms with Crippen LogP contribution in [-0.4, -0.2) is 81.0 Å². The topological polar surface area (TPSA) is 94.2 Å². The van der Waals surface area contributed by atoms with Crippen LogP contribution in [0, 0.1) is 13.8 Å². The number of likely N-dealkylation sites (tertiary alicyclic amines) is 1. The predicted octanol–water partition coefficient (Wildman–Crippen LogP) is 6.62. The van der Waals surface area contributed by atoms with Crippen LogP contribution in [0.5, 0.6) is 0 Å². The van der Waals surface area contributed by atoms with Gasteiger partial charge >= 0.3 is 0 Å². The number of H-pyrrole nitrogens is 1. The molecule has 1 aliphatic rings. The zero-order chi connectivity index (χ0) is 34.3. The van der Waals surface area contributed by atoms with Gasteiger partial charge in [0.15, 0.2) is 0 Å². The number of aromatic nitrogens is 3. The Morgan fingerprint density at radius 1 is 1.22 bits per heavy atom. The number of aromatic amines is 1. The van der Waals surface area contributed by atoms with E-state index in [2.05, 4.69) is 27.1 Å². The number of carbonyl (C=O) groups excluding carboxylic acids is 2. The minimum Gasteiger partial charge on any atom is -0.348 e. The molecule has 8 nitrogen and oxygen atoms in total. The number of amides is 2. The van der Waals surface area contributed by atoms with Crippen LogP contribution in [0.3, 0.4) is 0 Å². The Hall–Kier alpha value is -4.06. The lowest BCUT2D eigenvalue weighted by molar-refractivity contribution is -0.170. The molecule has 250 valence electrons. The Kier molecular flexibility index (Phi) is 12.3. The molecule has 3 rings (SSSR count). The number of hydrogen-bond acceptors (Lipinski definition) is 5. The molecule has 2 amide bonds. The number of rotatable bonds is 14. The van der Waals surface area contributed by atoms with Crippen LogP contribution >= 0.6 is 0 Å². The minimum absolute atomic E-state index is 0.0276. The molecule has 2 aromatic rings. The van der Waals surface area contributed by atoms with Gasteiger partial charge in [0.05, 0.1) is 24.8 Å². The molecule has 3 heterocycles. The molecule has 0 aromatic carbocycles. The van der Waals surface area contributed by atoms with Crippen LogP contribution in [0.25, 0.3) is 17.3 Å². The Bertz CT molecular complexity index is 1530. The molecule has 0 bridgehead atoms. The first-order valence-electron chi connectivity index (χ1n) is 15.4. The summed E-state index contributed by atoms with van der Waals surface area (Å²) < 4.78 is 57.1. The number of aryl methyl sites for hydroxylation is 2. The maximum absolute atomic E-state index is 15.2. The second kappa shape index (κ2) is 15.5. The van der Waals surface area contributed by atoms with Crippen molar-refractivity contribution in [3.63, 3.8) is 0 Å². The van der Waals surface area contributed by atoms with Crippen LogP contribution in [0.15, 0.2) is 59.4 Å². The molecule has 0 unspecified atom stereocenters. The number of nitrogens with one attached hydrogen (secondary N) is 2. The number of hydrogen-bond donors (Lipinski definition) is 2. The van der Waals surface area contributed by atoms with E-state index in [-0.39, 0.29) is 30.1 Å². The molecule has 0 radical (unpaired) electrons. The Balaban J connectivity index is 1.90. The van der Waals surface area contributed by atoms with Gasteiger partial charge < -0.3 is 10.2 Å². The summed E-state index contributed by atoms with van der Waals surface area (Å²) in [7, 11) is 0. The van der Waals surface area contributed by atoms with Crippen molar-refractivity contribution in [2.75, 3.05) is 26.2 Å². The third kappa shape index (κ3) is 8.80. The van der Waals surface area contributed by atoms with Crippen molar-refractivity contribution in [2.24, 2.45) is 0 Å². The van der Waals surface area contributed by atoms with E-state index in [1.165, 1.54) is 24.8 Å². The van der Waals surface area contributed by atoms with Crippen LogP contribution in [0.1, 0.15) is 64.4 Å². The number of pyridine rings is 1. The highest BCUT2D eigenvalue weighted by Gasteiger charge is 2.47. The minimum atomic E-state index is -2.97. The van der Waals surface area contributed by atoms with Crippen LogP contribution in [0.2, 0.25) is 0 Å². The summed E-state index contributed by atoms with van der Waals surface area (Å²) in [6.07, 6.45) is 5.56. The molecule has 12 heteroatoms. The number of allylic oxidation sites excluding steroid dienone is 3. The summed E-state index contributed by atoms with van der Waals surface area (Å²) in [5, 5.41) is 10.4. The maximum atomic E-state index is 15.2. The van der Waals surface area contributed by atoms with Gasteiger partial charge in [-0.25, -0.2) is 17.6 Å². The average molecular weight is 645 g/mol. The summed E-state index contributed by atoms with van der Waals surface area (Å²) in [5.74, 6) is -5.51. The van der Waals surface area contributed by atoms with Gasteiger partial charge in [0.25, 0.3) is 5.92 Å². The van der Waals surface area contributed by atoms with E-state index in [1.54, 1.807) is 12.3 Å². The Labute approximate surface area is 268 Å². The largest absolute Gasteiger partial charge is 0.348 e. The molecule has 2 aromatic heterocycles. The molecule has 0 saturated carbocycles. The van der Waals surface area contributed by atoms with Crippen molar-refractivity contribution in [3.8, 4) is 11.3 Å². The highest BCUT2D eigenvalue weighted by atomic mass is 19.3. The zero-order valence-corrected chi connectivity index (χ0v) is 27.6. The monoisotopic (exact) mass is 644 g/mol. The fourth-order valence-corrected chi connectivity index (χ4v) is 5.18. The first-order valence-corrected chi connectivity index (χ1v) is 15.4. The van der Waals surface area contributed by atoms with E-state index in [4.69, 9.17) is 0 Å². The van der Waals surface area contributed by atoms with Gasteiger partial charge in [0.2, 0.25) is 11.8 Å². The molecule has 2 atom stereocenters. The van der Waals surface area contributed by atoms with E-state index in [0.29, 0.717) is 24.1 Å². The Morgan fingerprint density at radius 3 is 2.43 bits per heavy atom. The summed E-state index contributed by atoms with van der Waals surface area (Å²) in [4.78, 5) is 33.6. The van der Waals surface area contributed by atoms with Crippen molar-refractivity contribution in [1.29, 1.82) is 0 Å². The summed E-state index contributed by atoms with van der Waals surface area (Å²) >= 11 is 0. The molecule has 1 aliphatic heterocycles. The van der Waals surface area contributed by atoms with Gasteiger partial charge in [-0.05, 0) is 71.2 Å². The smallest absolute Gasteiger partial charge is 0.282 e. The molecule has 1 saturated heterocycles. The number of nitrogens with zero attached hydrogens (tertiary/aromatic N) is 4. The van der Waals surface area contributed by atoms with Gasteiger partial charge in [0, 0.05) is 59.0 Å². The third-order valence-corrected chi connectivity index (χ3v) is 8.19. The summed E-state index contributed by atoms with van der Waals surface area (Å²) in [6, 6.07) is 2.19. The van der Waals surface area contributed by atoms with Crippen LogP contribution in [-0.2, 0) is 9.59 Å². The molecular formula is C34H44F4N6O2. The number of halogens is 4. The first-order chi connectivity index (χ1) is 21.6. The predicted molar refractivity (Wildman–Crippen MR) is 172 cm³/mol. The third-order valence-electron chi connectivity index (χ3n) is 8.19. The standard InChI is InChI=1S/C34H44F4N6O2/c1-9-20(4)30(36)29(22(6)35)17-43(24(8)33(46)44-18-34(37,38)19-44)16-27(11-3)40-32(45)25(10-2)15-28-23(7)41-42-31(28)26-12-13-39-21(5)14-26/h9,12-15,24,27H,1,10-11,16-19H2,2-8H3,(H,40,45)(H,41,42)/b25-15+,29-22+,30-20-/t24-,27+/m0/s1. The number of alkyl halides is 2. The summed E-state index contributed by atoms with van der Waals surface area (Å²) in [6.45, 7) is 13.3. The molecule has 2 N–H and O–H groups in total. The molecule has 46 heavy (non-hydrogen) atoms. The highest BCUT2D eigenvalue weighted by molar-refractivity contribution is 5.99. The highest BCUT2D eigenvalue weighted by Crippen LogP contribution is 2.30. The first kappa shape index (κ1) is 36.4. The van der Waals surface area contributed by atoms with Crippen molar-refractivity contribution >= 4 is 17.9 Å². The second-order valence-electron chi connectivity index (χ2n) is 11.8. The Morgan fingerprint density at radius 2 is 1.89 bits per heavy atom. The molecule has 0 aliphatic carbocycles. The van der Waals surface area contributed by atoms with E-state index in [1.807, 2.05) is 39.8 Å². The molecule has 0 spiro atoms. The lowest BCUT2D eigenvalue weighted by Gasteiger charge is -2.42. The lowest BCUT2D eigenvalue weighted by atomic mass is 10.0. The lowest BCUT2D eigenvalue weighted by Crippen LogP contribution is -2.63. The molecular weight excluding hydrogens is 600 g/mol. The van der Waals surface area contributed by atoms with E-state index in [9.17, 15) is 22.8 Å². The quantitative estimate of drug-likeness (QED) is 0.137. The van der Waals surface area contributed by atoms with Crippen LogP contribution < -0.4 is 5.32 Å². The van der Waals surface area contributed by atoms with Gasteiger partial charge in [-0.3, -0.25) is 24.6 Å². The van der Waals surface area contributed by atoms with Crippen molar-refractivity contribution < 1.29 is 27.2 Å². The maximum Gasteiger partial charge on any atom is 0.282 e. The van der Waals surface area contributed by atoms with Crippen LogP contribution in [0.4, 0.5) is 17.6 Å². The summed E-state index contributed by atoms with van der Waals surface area (Å²) in [5.41, 5.74) is 4.18. The average Bonchev–Trinajstić information content (AvgIpc) is 3.37. The fourth-order valence-electron chi connectivity index (χ4n) is 5.18. The fraction of sp³-hybridized carbons (Fsp3) is 0.471. The zero-order valence-electron chi connectivity index (χ0n) is 27.6. The normalized spacial score (nSPS) is 17.1. The van der Waals surface area contributed by atoms with E-state index < -0.39 is 48.7 Å². The van der Waals surface area contributed by atoms with Gasteiger partial charge in [-0.1, -0.05) is 26.5 Å². The van der Waals surface area contributed by atoms with Gasteiger partial charge in [0.1, 0.15) is 11.7 Å². The van der Waals surface area contributed by atoms with Crippen molar-refractivity contribution in [3.05, 3.63) is 76.3 Å². The SMILES string of the molecule is C=C/C(C)=C(F)/C(CN(C[C@@H](CC)NC(=O)/C(=C/c1c(-c2ccnc(C)c2)n[nH]c1C)CC)[C@@H](C)C(=O)N1CC(F)(F)C1)=C(\C)F. The van der Waals surface area contributed by atoms with E-state index in [0.717, 1.165) is 34.3 Å². The number of carbonyl (C=O) groups is 2. The van der Waals surface area contributed by atoms with E-state index >= 15 is 4.39 Å². The van der Waals surface area contributed by atoms with Gasteiger partial charge in [-0.2, -0.15) is 5.10 Å². The van der Waals surface area contributed by atoms with Crippen molar-refractivity contribution in [1.82, 2.24) is 30.3 Å². The van der Waals surface area contributed by atoms with Gasteiger partial charge in [-0.15, -0.1) is 0 Å².